The molecule has 0 amide bonds. The van der Waals surface area contributed by atoms with Crippen LogP contribution < -0.4 is 0 Å². The molecule has 0 rings (SSSR count). The van der Waals surface area contributed by atoms with E-state index in [4.69, 9.17) is 25.5 Å². The zero-order valence-corrected chi connectivity index (χ0v) is 4.14. The fourth-order valence-corrected chi connectivity index (χ4v) is 0.0685. The summed E-state index contributed by atoms with van der Waals surface area (Å²) in [5, 5.41) is 39.8. The summed E-state index contributed by atoms with van der Waals surface area (Å²) >= 11 is 0. The van der Waals surface area contributed by atoms with E-state index in [1.165, 1.54) is 0 Å². The molecule has 6 heteroatoms. The van der Waals surface area contributed by atoms with E-state index in [1.807, 2.05) is 0 Å². The molecule has 9 heavy (non-hydrogen) atoms. The van der Waals surface area contributed by atoms with E-state index in [2.05, 4.69) is 0 Å². The lowest BCUT2D eigenvalue weighted by molar-refractivity contribution is -0.420. The van der Waals surface area contributed by atoms with Crippen molar-refractivity contribution in [1.82, 2.24) is 0 Å². The largest absolute Gasteiger partial charge is 0.353 e. The molecule has 1 radical (unpaired) electrons. The van der Waals surface area contributed by atoms with Crippen LogP contribution in [0, 0.1) is 0 Å². The summed E-state index contributed by atoms with van der Waals surface area (Å²) in [6.45, 7) is 0. The first-order valence-electron chi connectivity index (χ1n) is 1.82. The molecule has 0 atom stereocenters. The van der Waals surface area contributed by atoms with Crippen molar-refractivity contribution >= 4 is 6.29 Å². The molecule has 0 heterocycles. The van der Waals surface area contributed by atoms with Crippen LogP contribution in [0.15, 0.2) is 0 Å². The van der Waals surface area contributed by atoms with Gasteiger partial charge in [0.15, 0.2) is 0 Å². The number of hydrogen-bond donors (Lipinski definition) is 5. The van der Waals surface area contributed by atoms with Crippen LogP contribution in [0.1, 0.15) is 0 Å². The van der Waals surface area contributed by atoms with Crippen LogP contribution in [0.5, 0.6) is 0 Å². The van der Waals surface area contributed by atoms with Gasteiger partial charge in [0.1, 0.15) is 0 Å². The van der Waals surface area contributed by atoms with Gasteiger partial charge in [0, 0.05) is 0 Å². The van der Waals surface area contributed by atoms with Crippen molar-refractivity contribution in [2.45, 2.75) is 11.8 Å². The summed E-state index contributed by atoms with van der Waals surface area (Å²) in [7, 11) is 0. The number of rotatable bonds is 2. The Morgan fingerprint density at radius 3 is 1.33 bits per heavy atom. The molecule has 0 fully saturated rings. The third-order valence-corrected chi connectivity index (χ3v) is 0.610. The quantitative estimate of drug-likeness (QED) is 0.251. The van der Waals surface area contributed by atoms with E-state index in [-0.39, 0.29) is 0 Å². The molecule has 0 saturated carbocycles. The highest BCUT2D eigenvalue weighted by Gasteiger charge is 2.47. The van der Waals surface area contributed by atoms with Gasteiger partial charge in [-0.3, -0.25) is 4.79 Å². The minimum atomic E-state index is -3.87. The minimum Gasteiger partial charge on any atom is -0.353 e. The van der Waals surface area contributed by atoms with E-state index in [0.29, 0.717) is 6.29 Å². The van der Waals surface area contributed by atoms with Gasteiger partial charge in [0.25, 0.3) is 6.29 Å². The Bertz CT molecular complexity index is 110. The van der Waals surface area contributed by atoms with Crippen molar-refractivity contribution in [3.8, 4) is 0 Å². The second-order valence-corrected chi connectivity index (χ2v) is 1.41. The van der Waals surface area contributed by atoms with Gasteiger partial charge in [-0.15, -0.1) is 0 Å². The molecular weight excluding hydrogens is 132 g/mol. The summed E-state index contributed by atoms with van der Waals surface area (Å²) in [5.41, 5.74) is 0. The summed E-state index contributed by atoms with van der Waals surface area (Å²) < 4.78 is 0. The lowest BCUT2D eigenvalue weighted by Gasteiger charge is -2.22. The maximum Gasteiger partial charge on any atom is 0.341 e. The Morgan fingerprint density at radius 2 is 1.33 bits per heavy atom. The van der Waals surface area contributed by atoms with Crippen molar-refractivity contribution in [1.29, 1.82) is 0 Å². The fraction of sp³-hybridized carbons (Fsp3) is 0.667. The Labute approximate surface area is 49.6 Å². The van der Waals surface area contributed by atoms with Gasteiger partial charge >= 0.3 is 11.8 Å². The SMILES string of the molecule is O=[C]C(O)(O)C(O)(O)O. The molecule has 5 N–H and O–H groups in total. The van der Waals surface area contributed by atoms with E-state index in [0.717, 1.165) is 0 Å². The van der Waals surface area contributed by atoms with Gasteiger partial charge in [0.2, 0.25) is 0 Å². The zero-order valence-electron chi connectivity index (χ0n) is 4.14. The molecule has 0 aromatic carbocycles. The van der Waals surface area contributed by atoms with Crippen LogP contribution in [0.4, 0.5) is 0 Å². The Balaban J connectivity index is 4.32. The smallest absolute Gasteiger partial charge is 0.341 e. The molecular formula is C3H5O6. The Hall–Kier alpha value is -0.530. The summed E-state index contributed by atoms with van der Waals surface area (Å²) in [5.74, 6) is -7.53. The predicted molar refractivity (Wildman–Crippen MR) is 22.2 cm³/mol. The second kappa shape index (κ2) is 2.01. The molecule has 0 aliphatic carbocycles. The summed E-state index contributed by atoms with van der Waals surface area (Å²) in [6, 6.07) is 0. The van der Waals surface area contributed by atoms with E-state index < -0.39 is 11.8 Å². The second-order valence-electron chi connectivity index (χ2n) is 1.41. The third-order valence-electron chi connectivity index (χ3n) is 0.610. The molecule has 0 aromatic heterocycles. The van der Waals surface area contributed by atoms with Crippen LogP contribution in [0.25, 0.3) is 0 Å². The van der Waals surface area contributed by atoms with E-state index in [1.54, 1.807) is 0 Å². The predicted octanol–water partition coefficient (Wildman–Crippen LogP) is -3.59. The van der Waals surface area contributed by atoms with Crippen LogP contribution in [-0.4, -0.2) is 43.6 Å². The number of carbonyl (C=O) groups excluding carboxylic acids is 1. The third kappa shape index (κ3) is 1.70. The van der Waals surface area contributed by atoms with Gasteiger partial charge < -0.3 is 25.5 Å². The van der Waals surface area contributed by atoms with Crippen LogP contribution in [0.2, 0.25) is 0 Å². The first-order valence-corrected chi connectivity index (χ1v) is 1.82. The molecule has 0 aliphatic rings. The van der Waals surface area contributed by atoms with Crippen molar-refractivity contribution in [2.24, 2.45) is 0 Å². The normalized spacial score (nSPS) is 13.4. The highest BCUT2D eigenvalue weighted by Crippen LogP contribution is 2.09. The number of hydrogen-bond acceptors (Lipinski definition) is 6. The average molecular weight is 137 g/mol. The monoisotopic (exact) mass is 137 g/mol. The van der Waals surface area contributed by atoms with Gasteiger partial charge in [-0.25, -0.2) is 0 Å². The first kappa shape index (κ1) is 8.47. The lowest BCUT2D eigenvalue weighted by Crippen LogP contribution is -2.55. The lowest BCUT2D eigenvalue weighted by atomic mass is 10.3. The standard InChI is InChI=1S/C3H5O6/c4-1-2(5,6)3(7,8)9/h5-9H. The molecule has 0 spiro atoms. The molecule has 0 unspecified atom stereocenters. The summed E-state index contributed by atoms with van der Waals surface area (Å²) in [6.07, 6.45) is 0.392. The van der Waals surface area contributed by atoms with Crippen molar-refractivity contribution in [3.05, 3.63) is 0 Å². The van der Waals surface area contributed by atoms with E-state index >= 15 is 0 Å². The number of aliphatic hydroxyl groups is 5. The molecule has 0 bridgehead atoms. The topological polar surface area (TPSA) is 118 Å². The van der Waals surface area contributed by atoms with Gasteiger partial charge in [-0.05, 0) is 0 Å². The highest BCUT2D eigenvalue weighted by atomic mass is 16.7. The van der Waals surface area contributed by atoms with E-state index in [9.17, 15) is 4.79 Å². The van der Waals surface area contributed by atoms with Crippen LogP contribution in [-0.2, 0) is 4.79 Å². The first-order chi connectivity index (χ1) is 3.81. The van der Waals surface area contributed by atoms with Gasteiger partial charge in [-0.2, -0.15) is 0 Å². The fourth-order valence-electron chi connectivity index (χ4n) is 0.0685. The minimum absolute atomic E-state index is 0.392. The average Bonchev–Trinajstić information content (AvgIpc) is 1.64. The summed E-state index contributed by atoms with van der Waals surface area (Å²) in [4.78, 5) is 9.37. The maximum atomic E-state index is 9.37. The highest BCUT2D eigenvalue weighted by molar-refractivity contribution is 5.61. The van der Waals surface area contributed by atoms with Crippen LogP contribution in [0.3, 0.4) is 0 Å². The Kier molecular flexibility index (Phi) is 1.89. The maximum absolute atomic E-state index is 9.37. The van der Waals surface area contributed by atoms with Crippen molar-refractivity contribution in [2.75, 3.05) is 0 Å². The molecule has 53 valence electrons. The van der Waals surface area contributed by atoms with Gasteiger partial charge in [0.05, 0.1) is 0 Å². The van der Waals surface area contributed by atoms with Crippen molar-refractivity contribution in [3.63, 3.8) is 0 Å². The Morgan fingerprint density at radius 1 is 1.00 bits per heavy atom. The van der Waals surface area contributed by atoms with Crippen molar-refractivity contribution < 1.29 is 30.3 Å². The zero-order chi connectivity index (χ0) is 7.71. The molecule has 0 saturated heterocycles. The molecule has 6 nitrogen and oxygen atoms in total. The molecule has 0 aromatic rings. The molecule has 0 aliphatic heterocycles. The van der Waals surface area contributed by atoms with Crippen LogP contribution >= 0.6 is 0 Å². The van der Waals surface area contributed by atoms with Gasteiger partial charge in [-0.1, -0.05) is 0 Å².